The molecule has 0 aliphatic rings. The SMILES string of the molecule is CC(=O)C[C@@H](CCc1ccccc1)O[Si](C)(C)C(C)(C)C. The van der Waals surface area contributed by atoms with Crippen LogP contribution in [0, 0.1) is 0 Å². The van der Waals surface area contributed by atoms with E-state index in [2.05, 4.69) is 58.1 Å². The molecular weight excluding hydrogens is 276 g/mol. The number of Topliss-reactive ketones (excluding diaryl/α,β-unsaturated/α-hetero) is 1. The summed E-state index contributed by atoms with van der Waals surface area (Å²) in [5.74, 6) is 0.215. The second-order valence-electron chi connectivity index (χ2n) is 7.43. The third-order valence-electron chi connectivity index (χ3n) is 4.38. The molecule has 2 nitrogen and oxygen atoms in total. The highest BCUT2D eigenvalue weighted by molar-refractivity contribution is 6.74. The van der Waals surface area contributed by atoms with E-state index in [1.54, 1.807) is 6.92 Å². The van der Waals surface area contributed by atoms with Crippen LogP contribution < -0.4 is 0 Å². The summed E-state index contributed by atoms with van der Waals surface area (Å²) in [4.78, 5) is 11.5. The highest BCUT2D eigenvalue weighted by Gasteiger charge is 2.39. The van der Waals surface area contributed by atoms with Gasteiger partial charge in [0.2, 0.25) is 0 Å². The summed E-state index contributed by atoms with van der Waals surface area (Å²) in [6.45, 7) is 12.9. The lowest BCUT2D eigenvalue weighted by Gasteiger charge is -2.39. The lowest BCUT2D eigenvalue weighted by Crippen LogP contribution is -2.44. The van der Waals surface area contributed by atoms with Crippen molar-refractivity contribution in [1.82, 2.24) is 0 Å². The molecule has 1 rings (SSSR count). The van der Waals surface area contributed by atoms with Crippen molar-refractivity contribution >= 4 is 14.1 Å². The van der Waals surface area contributed by atoms with Crippen LogP contribution >= 0.6 is 0 Å². The second kappa shape index (κ2) is 7.37. The summed E-state index contributed by atoms with van der Waals surface area (Å²) >= 11 is 0. The van der Waals surface area contributed by atoms with Crippen LogP contribution in [0.1, 0.15) is 46.1 Å². The zero-order valence-corrected chi connectivity index (χ0v) is 15.4. The van der Waals surface area contributed by atoms with Gasteiger partial charge in [-0.15, -0.1) is 0 Å². The molecular formula is C18H30O2Si. The minimum absolute atomic E-state index is 0.0450. The zero-order chi connectivity index (χ0) is 16.1. The zero-order valence-electron chi connectivity index (χ0n) is 14.4. The first-order valence-electron chi connectivity index (χ1n) is 7.83. The average molecular weight is 307 g/mol. The molecule has 0 spiro atoms. The van der Waals surface area contributed by atoms with E-state index in [0.29, 0.717) is 6.42 Å². The number of hydrogen-bond donors (Lipinski definition) is 0. The minimum Gasteiger partial charge on any atom is -0.413 e. The van der Waals surface area contributed by atoms with Gasteiger partial charge in [-0.1, -0.05) is 51.1 Å². The van der Waals surface area contributed by atoms with Crippen molar-refractivity contribution in [1.29, 1.82) is 0 Å². The number of carbonyl (C=O) groups is 1. The highest BCUT2D eigenvalue weighted by atomic mass is 28.4. The Morgan fingerprint density at radius 3 is 2.24 bits per heavy atom. The van der Waals surface area contributed by atoms with Gasteiger partial charge >= 0.3 is 0 Å². The fourth-order valence-corrected chi connectivity index (χ4v) is 3.48. The first-order chi connectivity index (χ1) is 9.62. The largest absolute Gasteiger partial charge is 0.413 e. The van der Waals surface area contributed by atoms with Crippen LogP contribution in [0.4, 0.5) is 0 Å². The summed E-state index contributed by atoms with van der Waals surface area (Å²) in [5.41, 5.74) is 1.31. The van der Waals surface area contributed by atoms with Crippen LogP contribution in [0.25, 0.3) is 0 Å². The normalized spacial score (nSPS) is 14.0. The molecule has 0 bridgehead atoms. The maximum absolute atomic E-state index is 11.5. The summed E-state index contributed by atoms with van der Waals surface area (Å²) in [6.07, 6.45) is 2.45. The van der Waals surface area contributed by atoms with Crippen LogP contribution in [-0.4, -0.2) is 20.2 Å². The summed E-state index contributed by atoms with van der Waals surface area (Å²) < 4.78 is 6.45. The molecule has 0 radical (unpaired) electrons. The molecule has 0 saturated heterocycles. The van der Waals surface area contributed by atoms with E-state index in [4.69, 9.17) is 4.43 Å². The number of benzene rings is 1. The molecule has 3 heteroatoms. The Balaban J connectivity index is 2.70. The molecule has 0 aliphatic carbocycles. The highest BCUT2D eigenvalue weighted by Crippen LogP contribution is 2.38. The molecule has 118 valence electrons. The standard InChI is InChI=1S/C18H30O2Si/c1-15(19)14-17(20-21(5,6)18(2,3)4)13-12-16-10-8-7-9-11-16/h7-11,17H,12-14H2,1-6H3/t17-/m1/s1. The van der Waals surface area contributed by atoms with E-state index < -0.39 is 8.32 Å². The molecule has 0 saturated carbocycles. The average Bonchev–Trinajstić information content (AvgIpc) is 2.35. The van der Waals surface area contributed by atoms with Crippen LogP contribution in [0.5, 0.6) is 0 Å². The number of carbonyl (C=O) groups excluding carboxylic acids is 1. The number of ketones is 1. The van der Waals surface area contributed by atoms with Crippen LogP contribution in [0.2, 0.25) is 18.1 Å². The molecule has 21 heavy (non-hydrogen) atoms. The maximum atomic E-state index is 11.5. The fourth-order valence-electron chi connectivity index (χ4n) is 2.09. The molecule has 0 N–H and O–H groups in total. The van der Waals surface area contributed by atoms with E-state index in [1.165, 1.54) is 5.56 Å². The van der Waals surface area contributed by atoms with Crippen molar-refractivity contribution in [3.8, 4) is 0 Å². The molecule has 1 aromatic carbocycles. The van der Waals surface area contributed by atoms with Crippen molar-refractivity contribution in [2.45, 2.75) is 71.2 Å². The maximum Gasteiger partial charge on any atom is 0.192 e. The second-order valence-corrected chi connectivity index (χ2v) is 12.2. The third kappa shape index (κ3) is 6.14. The fraction of sp³-hybridized carbons (Fsp3) is 0.611. The van der Waals surface area contributed by atoms with Crippen LogP contribution in [-0.2, 0) is 15.6 Å². The van der Waals surface area contributed by atoms with Gasteiger partial charge < -0.3 is 4.43 Å². The number of hydrogen-bond acceptors (Lipinski definition) is 2. The van der Waals surface area contributed by atoms with Crippen molar-refractivity contribution in [3.05, 3.63) is 35.9 Å². The Bertz CT molecular complexity index is 446. The van der Waals surface area contributed by atoms with E-state index >= 15 is 0 Å². The van der Waals surface area contributed by atoms with Crippen molar-refractivity contribution in [2.24, 2.45) is 0 Å². The van der Waals surface area contributed by atoms with Gasteiger partial charge in [-0.3, -0.25) is 4.79 Å². The van der Waals surface area contributed by atoms with Gasteiger partial charge in [0.1, 0.15) is 5.78 Å². The molecule has 0 aromatic heterocycles. The lowest BCUT2D eigenvalue weighted by atomic mass is 10.0. The Kier molecular flexibility index (Phi) is 6.35. The van der Waals surface area contributed by atoms with E-state index in [1.807, 2.05) is 6.07 Å². The van der Waals surface area contributed by atoms with Gasteiger partial charge in [0.05, 0.1) is 6.10 Å². The van der Waals surface area contributed by atoms with E-state index in [-0.39, 0.29) is 16.9 Å². The Hall–Kier alpha value is -0.933. The third-order valence-corrected chi connectivity index (χ3v) is 8.92. The van der Waals surface area contributed by atoms with Crippen LogP contribution in [0.3, 0.4) is 0 Å². The smallest absolute Gasteiger partial charge is 0.192 e. The van der Waals surface area contributed by atoms with Gasteiger partial charge in [-0.2, -0.15) is 0 Å². The molecule has 1 aromatic rings. The van der Waals surface area contributed by atoms with Gasteiger partial charge in [0.25, 0.3) is 0 Å². The first-order valence-corrected chi connectivity index (χ1v) is 10.7. The van der Waals surface area contributed by atoms with Gasteiger partial charge in [0, 0.05) is 6.42 Å². The molecule has 0 heterocycles. The number of aryl methyl sites for hydroxylation is 1. The Morgan fingerprint density at radius 2 is 1.76 bits per heavy atom. The Labute approximate surface area is 131 Å². The Morgan fingerprint density at radius 1 is 1.19 bits per heavy atom. The predicted molar refractivity (Wildman–Crippen MR) is 92.1 cm³/mol. The van der Waals surface area contributed by atoms with E-state index in [0.717, 1.165) is 12.8 Å². The van der Waals surface area contributed by atoms with Crippen LogP contribution in [0.15, 0.2) is 30.3 Å². The quantitative estimate of drug-likeness (QED) is 0.663. The van der Waals surface area contributed by atoms with Gasteiger partial charge in [-0.25, -0.2) is 0 Å². The van der Waals surface area contributed by atoms with Crippen molar-refractivity contribution in [3.63, 3.8) is 0 Å². The van der Waals surface area contributed by atoms with E-state index in [9.17, 15) is 4.79 Å². The monoisotopic (exact) mass is 306 g/mol. The lowest BCUT2D eigenvalue weighted by molar-refractivity contribution is -0.118. The number of rotatable bonds is 7. The molecule has 0 fully saturated rings. The molecule has 0 unspecified atom stereocenters. The summed E-state index contributed by atoms with van der Waals surface area (Å²) in [7, 11) is -1.83. The molecule has 0 aliphatic heterocycles. The minimum atomic E-state index is -1.83. The summed E-state index contributed by atoms with van der Waals surface area (Å²) in [5, 5.41) is 0.175. The van der Waals surface area contributed by atoms with Crippen molar-refractivity contribution in [2.75, 3.05) is 0 Å². The first kappa shape index (κ1) is 18.1. The topological polar surface area (TPSA) is 26.3 Å². The van der Waals surface area contributed by atoms with Crippen molar-refractivity contribution < 1.29 is 9.22 Å². The van der Waals surface area contributed by atoms with Gasteiger partial charge in [-0.05, 0) is 43.5 Å². The molecule has 0 amide bonds. The molecule has 1 atom stereocenters. The predicted octanol–water partition coefficient (Wildman–Crippen LogP) is 4.99. The van der Waals surface area contributed by atoms with Gasteiger partial charge in [0.15, 0.2) is 8.32 Å². The summed E-state index contributed by atoms with van der Waals surface area (Å²) in [6, 6.07) is 10.4.